The summed E-state index contributed by atoms with van der Waals surface area (Å²) in [6, 6.07) is 9.52. The van der Waals surface area contributed by atoms with E-state index in [9.17, 15) is 4.79 Å². The number of benzene rings is 1. The van der Waals surface area contributed by atoms with Gasteiger partial charge < -0.3 is 14.5 Å². The van der Waals surface area contributed by atoms with Crippen LogP contribution in [0.1, 0.15) is 40.4 Å². The Morgan fingerprint density at radius 2 is 2.19 bits per heavy atom. The highest BCUT2D eigenvalue weighted by Crippen LogP contribution is 2.19. The predicted molar refractivity (Wildman–Crippen MR) is 81.5 cm³/mol. The molecular weight excluding hydrogens is 290 g/mol. The van der Waals surface area contributed by atoms with Crippen molar-refractivity contribution in [1.29, 1.82) is 0 Å². The average Bonchev–Trinajstić information content (AvgIpc) is 2.85. The first-order valence-electron chi connectivity index (χ1n) is 6.67. The number of ether oxygens (including phenoxy) is 1. The SMILES string of the molecule is COC(=O)c1cc(CN[C@@H](C)c2cccc(Cl)c2)oc1C. The fourth-order valence-corrected chi connectivity index (χ4v) is 2.29. The maximum atomic E-state index is 11.5. The summed E-state index contributed by atoms with van der Waals surface area (Å²) in [7, 11) is 1.36. The fourth-order valence-electron chi connectivity index (χ4n) is 2.09. The number of halogens is 1. The first-order chi connectivity index (χ1) is 10.0. The minimum absolute atomic E-state index is 0.121. The largest absolute Gasteiger partial charge is 0.465 e. The number of hydrogen-bond donors (Lipinski definition) is 1. The van der Waals surface area contributed by atoms with Crippen molar-refractivity contribution < 1.29 is 13.9 Å². The third-order valence-corrected chi connectivity index (χ3v) is 3.54. The number of hydrogen-bond acceptors (Lipinski definition) is 4. The molecule has 2 aromatic rings. The molecule has 4 nitrogen and oxygen atoms in total. The highest BCUT2D eigenvalue weighted by atomic mass is 35.5. The number of nitrogens with one attached hydrogen (secondary N) is 1. The molecule has 0 saturated heterocycles. The van der Waals surface area contributed by atoms with Gasteiger partial charge in [-0.05, 0) is 37.6 Å². The third-order valence-electron chi connectivity index (χ3n) is 3.31. The lowest BCUT2D eigenvalue weighted by Crippen LogP contribution is -2.17. The van der Waals surface area contributed by atoms with Crippen LogP contribution in [0, 0.1) is 6.92 Å². The first-order valence-corrected chi connectivity index (χ1v) is 7.05. The van der Waals surface area contributed by atoms with Crippen LogP contribution < -0.4 is 5.32 Å². The molecule has 0 saturated carbocycles. The second-order valence-electron chi connectivity index (χ2n) is 4.83. The number of furan rings is 1. The zero-order valence-corrected chi connectivity index (χ0v) is 13.0. The quantitative estimate of drug-likeness (QED) is 0.852. The number of rotatable bonds is 5. The van der Waals surface area contributed by atoms with E-state index >= 15 is 0 Å². The molecule has 2 rings (SSSR count). The summed E-state index contributed by atoms with van der Waals surface area (Å²) >= 11 is 5.98. The van der Waals surface area contributed by atoms with Crippen LogP contribution in [0.2, 0.25) is 5.02 Å². The molecule has 0 aliphatic rings. The molecule has 1 N–H and O–H groups in total. The van der Waals surface area contributed by atoms with Crippen LogP contribution in [0.3, 0.4) is 0 Å². The van der Waals surface area contributed by atoms with Gasteiger partial charge in [0.15, 0.2) is 0 Å². The number of carbonyl (C=O) groups is 1. The van der Waals surface area contributed by atoms with Gasteiger partial charge in [-0.3, -0.25) is 0 Å². The maximum absolute atomic E-state index is 11.5. The Labute approximate surface area is 129 Å². The Balaban J connectivity index is 2.01. The minimum atomic E-state index is -0.384. The van der Waals surface area contributed by atoms with Gasteiger partial charge in [0.2, 0.25) is 0 Å². The van der Waals surface area contributed by atoms with Crippen LogP contribution in [0.4, 0.5) is 0 Å². The van der Waals surface area contributed by atoms with Crippen LogP contribution in [0.25, 0.3) is 0 Å². The monoisotopic (exact) mass is 307 g/mol. The lowest BCUT2D eigenvalue weighted by molar-refractivity contribution is 0.0599. The van der Waals surface area contributed by atoms with Crippen molar-refractivity contribution >= 4 is 17.6 Å². The van der Waals surface area contributed by atoms with E-state index in [1.807, 2.05) is 31.2 Å². The van der Waals surface area contributed by atoms with E-state index in [-0.39, 0.29) is 12.0 Å². The molecule has 112 valence electrons. The van der Waals surface area contributed by atoms with Crippen LogP contribution in [0.15, 0.2) is 34.7 Å². The summed E-state index contributed by atoms with van der Waals surface area (Å²) in [4.78, 5) is 11.5. The lowest BCUT2D eigenvalue weighted by atomic mass is 10.1. The molecule has 1 aromatic heterocycles. The number of esters is 1. The second kappa shape index (κ2) is 6.78. The molecule has 1 atom stereocenters. The number of carbonyl (C=O) groups excluding carboxylic acids is 1. The van der Waals surface area contributed by atoms with E-state index in [1.54, 1.807) is 13.0 Å². The van der Waals surface area contributed by atoms with E-state index in [0.29, 0.717) is 28.7 Å². The molecule has 5 heteroatoms. The zero-order valence-electron chi connectivity index (χ0n) is 12.3. The molecule has 1 heterocycles. The smallest absolute Gasteiger partial charge is 0.341 e. The van der Waals surface area contributed by atoms with Crippen LogP contribution in [-0.2, 0) is 11.3 Å². The van der Waals surface area contributed by atoms with E-state index in [4.69, 9.17) is 20.8 Å². The van der Waals surface area contributed by atoms with Gasteiger partial charge in [-0.2, -0.15) is 0 Å². The maximum Gasteiger partial charge on any atom is 0.341 e. The normalized spacial score (nSPS) is 12.2. The molecule has 0 amide bonds. The second-order valence-corrected chi connectivity index (χ2v) is 5.27. The van der Waals surface area contributed by atoms with Crippen molar-refractivity contribution in [3.63, 3.8) is 0 Å². The van der Waals surface area contributed by atoms with E-state index in [0.717, 1.165) is 5.56 Å². The van der Waals surface area contributed by atoms with Crippen molar-refractivity contribution in [2.45, 2.75) is 26.4 Å². The summed E-state index contributed by atoms with van der Waals surface area (Å²) in [5.41, 5.74) is 1.56. The van der Waals surface area contributed by atoms with Crippen LogP contribution >= 0.6 is 11.6 Å². The number of aryl methyl sites for hydroxylation is 1. The summed E-state index contributed by atoms with van der Waals surface area (Å²) < 4.78 is 10.3. The van der Waals surface area contributed by atoms with Gasteiger partial charge in [-0.1, -0.05) is 23.7 Å². The topological polar surface area (TPSA) is 51.5 Å². The fraction of sp³-hybridized carbons (Fsp3) is 0.312. The Morgan fingerprint density at radius 1 is 1.43 bits per heavy atom. The first kappa shape index (κ1) is 15.6. The van der Waals surface area contributed by atoms with Gasteiger partial charge in [-0.25, -0.2) is 4.79 Å². The minimum Gasteiger partial charge on any atom is -0.465 e. The molecule has 0 aliphatic heterocycles. The third kappa shape index (κ3) is 3.86. The standard InChI is InChI=1S/C16H18ClNO3/c1-10(12-5-4-6-13(17)7-12)18-9-14-8-15(11(2)21-14)16(19)20-3/h4-8,10,18H,9H2,1-3H3/t10-/m0/s1. The Hall–Kier alpha value is -1.78. The average molecular weight is 308 g/mol. The summed E-state index contributed by atoms with van der Waals surface area (Å²) in [5.74, 6) is 0.876. The van der Waals surface area contributed by atoms with Crippen molar-refractivity contribution in [3.05, 3.63) is 58.0 Å². The predicted octanol–water partition coefficient (Wildman–Crippen LogP) is 3.88. The molecule has 1 aromatic carbocycles. The molecule has 0 aliphatic carbocycles. The van der Waals surface area contributed by atoms with Gasteiger partial charge in [0.1, 0.15) is 17.1 Å². The van der Waals surface area contributed by atoms with Crippen molar-refractivity contribution in [1.82, 2.24) is 5.32 Å². The van der Waals surface area contributed by atoms with Crippen molar-refractivity contribution in [2.24, 2.45) is 0 Å². The Bertz CT molecular complexity index is 636. The van der Waals surface area contributed by atoms with Crippen LogP contribution in [-0.4, -0.2) is 13.1 Å². The molecule has 0 spiro atoms. The summed E-state index contributed by atoms with van der Waals surface area (Å²) in [6.07, 6.45) is 0. The van der Waals surface area contributed by atoms with Crippen molar-refractivity contribution in [3.8, 4) is 0 Å². The summed E-state index contributed by atoms with van der Waals surface area (Å²) in [6.45, 7) is 4.31. The van der Waals surface area contributed by atoms with Gasteiger partial charge in [-0.15, -0.1) is 0 Å². The van der Waals surface area contributed by atoms with E-state index in [2.05, 4.69) is 5.32 Å². The van der Waals surface area contributed by atoms with E-state index in [1.165, 1.54) is 7.11 Å². The Morgan fingerprint density at radius 3 is 2.86 bits per heavy atom. The molecule has 0 unspecified atom stereocenters. The van der Waals surface area contributed by atoms with Crippen LogP contribution in [0.5, 0.6) is 0 Å². The molecule has 21 heavy (non-hydrogen) atoms. The molecule has 0 fully saturated rings. The highest BCUT2D eigenvalue weighted by Gasteiger charge is 2.15. The molecule has 0 radical (unpaired) electrons. The van der Waals surface area contributed by atoms with Gasteiger partial charge in [0, 0.05) is 11.1 Å². The molecule has 0 bridgehead atoms. The van der Waals surface area contributed by atoms with Gasteiger partial charge in [0.25, 0.3) is 0 Å². The Kier molecular flexibility index (Phi) is 5.04. The zero-order chi connectivity index (χ0) is 15.4. The van der Waals surface area contributed by atoms with Gasteiger partial charge >= 0.3 is 5.97 Å². The molecular formula is C16H18ClNO3. The number of methoxy groups -OCH3 is 1. The highest BCUT2D eigenvalue weighted by molar-refractivity contribution is 6.30. The van der Waals surface area contributed by atoms with Gasteiger partial charge in [0.05, 0.1) is 13.7 Å². The van der Waals surface area contributed by atoms with E-state index < -0.39 is 0 Å². The van der Waals surface area contributed by atoms with Crippen molar-refractivity contribution in [2.75, 3.05) is 7.11 Å². The summed E-state index contributed by atoms with van der Waals surface area (Å²) in [5, 5.41) is 4.05. The lowest BCUT2D eigenvalue weighted by Gasteiger charge is -2.13.